The third kappa shape index (κ3) is 7.37. The van der Waals surface area contributed by atoms with Crippen LogP contribution in [-0.2, 0) is 15.7 Å². The molecule has 0 spiro atoms. The van der Waals surface area contributed by atoms with Gasteiger partial charge in [-0.05, 0) is 91.5 Å². The van der Waals surface area contributed by atoms with Gasteiger partial charge in [-0.3, -0.25) is 9.97 Å². The Kier molecular flexibility index (Phi) is 10.4. The van der Waals surface area contributed by atoms with Crippen molar-refractivity contribution in [1.82, 2.24) is 24.8 Å². The summed E-state index contributed by atoms with van der Waals surface area (Å²) in [6, 6.07) is 8.07. The van der Waals surface area contributed by atoms with Crippen LogP contribution in [-0.4, -0.2) is 83.7 Å². The summed E-state index contributed by atoms with van der Waals surface area (Å²) in [6.07, 6.45) is 10.4. The molecule has 0 radical (unpaired) electrons. The summed E-state index contributed by atoms with van der Waals surface area (Å²) in [7, 11) is -1.10. The first-order valence-corrected chi connectivity index (χ1v) is 19.8. The minimum atomic E-state index is -2.76. The lowest BCUT2D eigenvalue weighted by Gasteiger charge is -2.40. The Morgan fingerprint density at radius 2 is 1.81 bits per heavy atom. The Morgan fingerprint density at radius 3 is 2.56 bits per heavy atom. The van der Waals surface area contributed by atoms with E-state index in [4.69, 9.17) is 14.5 Å². The number of carbonyl (C=O) groups is 1. The first-order chi connectivity index (χ1) is 23.2. The molecule has 2 aromatic carbocycles. The van der Waals surface area contributed by atoms with Crippen molar-refractivity contribution >= 4 is 74.3 Å². The predicted octanol–water partition coefficient (Wildman–Crippen LogP) is 7.08. The molecule has 2 saturated heterocycles. The number of aromatic nitrogens is 4. The first-order valence-electron chi connectivity index (χ1n) is 16.4. The monoisotopic (exact) mass is 736 g/mol. The normalized spacial score (nSPS) is 16.3. The average molecular weight is 738 g/mol. The number of amides is 1. The molecule has 1 amide bonds. The third-order valence-electron chi connectivity index (χ3n) is 8.93. The standard InChI is InChI=1S/C34H42BrN8O4P/c1-5-22-19-27(29(46-2)20-28(22)42-16-11-23(12-17-42)43-15-7-6-8-18-47-34(43)44)40-33-38-21-24(35)32(41-33)39-26-10-9-25-30(37-14-13-36-25)31(26)48(3,4)45/h9-10,13-14,19-21,23H,5-8,11-12,15-18H2,1-4H3,(H2,38,39,40,41). The van der Waals surface area contributed by atoms with E-state index in [0.717, 1.165) is 69.5 Å². The van der Waals surface area contributed by atoms with Crippen molar-refractivity contribution in [2.24, 2.45) is 0 Å². The van der Waals surface area contributed by atoms with Gasteiger partial charge in [0.25, 0.3) is 0 Å². The molecule has 2 aromatic heterocycles. The number of halogens is 1. The van der Waals surface area contributed by atoms with Crippen LogP contribution >= 0.6 is 23.1 Å². The van der Waals surface area contributed by atoms with Gasteiger partial charge < -0.3 is 34.5 Å². The number of benzene rings is 2. The summed E-state index contributed by atoms with van der Waals surface area (Å²) in [5.41, 5.74) is 4.96. The maximum atomic E-state index is 13.4. The number of cyclic esters (lactones) is 1. The van der Waals surface area contributed by atoms with Crippen molar-refractivity contribution in [3.05, 3.63) is 52.9 Å². The zero-order valence-electron chi connectivity index (χ0n) is 27.8. The van der Waals surface area contributed by atoms with Gasteiger partial charge in [0.2, 0.25) is 5.95 Å². The minimum absolute atomic E-state index is 0.171. The molecule has 0 saturated carbocycles. The summed E-state index contributed by atoms with van der Waals surface area (Å²) in [5, 5.41) is 7.33. The largest absolute Gasteiger partial charge is 0.494 e. The van der Waals surface area contributed by atoms with Crippen molar-refractivity contribution in [3.63, 3.8) is 0 Å². The highest BCUT2D eigenvalue weighted by molar-refractivity contribution is 9.10. The van der Waals surface area contributed by atoms with Crippen molar-refractivity contribution < 1.29 is 18.8 Å². The summed E-state index contributed by atoms with van der Waals surface area (Å²) in [5.74, 6) is 1.54. The average Bonchev–Trinajstić information content (AvgIpc) is 3.07. The van der Waals surface area contributed by atoms with Crippen LogP contribution in [0.1, 0.15) is 44.6 Å². The quantitative estimate of drug-likeness (QED) is 0.171. The van der Waals surface area contributed by atoms with Gasteiger partial charge in [0.15, 0.2) is 0 Å². The maximum Gasteiger partial charge on any atom is 0.410 e. The Balaban J connectivity index is 1.22. The Morgan fingerprint density at radius 1 is 1.02 bits per heavy atom. The van der Waals surface area contributed by atoms with E-state index >= 15 is 0 Å². The van der Waals surface area contributed by atoms with Gasteiger partial charge in [0, 0.05) is 56.0 Å². The highest BCUT2D eigenvalue weighted by Crippen LogP contribution is 2.42. The van der Waals surface area contributed by atoms with Gasteiger partial charge in [-0.25, -0.2) is 9.78 Å². The molecule has 6 rings (SSSR count). The van der Waals surface area contributed by atoms with E-state index in [1.165, 1.54) is 5.56 Å². The minimum Gasteiger partial charge on any atom is -0.494 e. The van der Waals surface area contributed by atoms with E-state index in [1.54, 1.807) is 39.0 Å². The topological polar surface area (TPSA) is 135 Å². The van der Waals surface area contributed by atoms with Crippen molar-refractivity contribution in [3.8, 4) is 5.75 Å². The van der Waals surface area contributed by atoms with Crippen LogP contribution in [0.3, 0.4) is 0 Å². The van der Waals surface area contributed by atoms with E-state index < -0.39 is 7.14 Å². The second-order valence-electron chi connectivity index (χ2n) is 12.5. The molecule has 0 unspecified atom stereocenters. The Bertz CT molecular complexity index is 1850. The number of piperidine rings is 1. The van der Waals surface area contributed by atoms with Crippen LogP contribution in [0.4, 0.5) is 33.6 Å². The first kappa shape index (κ1) is 33.9. The molecule has 0 atom stereocenters. The van der Waals surface area contributed by atoms with Crippen molar-refractivity contribution in [2.45, 2.75) is 51.5 Å². The van der Waals surface area contributed by atoms with Crippen LogP contribution in [0.2, 0.25) is 0 Å². The van der Waals surface area contributed by atoms with Gasteiger partial charge >= 0.3 is 6.09 Å². The fourth-order valence-corrected chi connectivity index (χ4v) is 8.22. The highest BCUT2D eigenvalue weighted by atomic mass is 79.9. The van der Waals surface area contributed by atoms with Gasteiger partial charge in [-0.15, -0.1) is 0 Å². The van der Waals surface area contributed by atoms with Crippen molar-refractivity contribution in [2.75, 3.05) is 62.2 Å². The predicted molar refractivity (Wildman–Crippen MR) is 194 cm³/mol. The molecule has 4 heterocycles. The summed E-state index contributed by atoms with van der Waals surface area (Å²) >= 11 is 3.57. The molecule has 2 fully saturated rings. The lowest BCUT2D eigenvalue weighted by molar-refractivity contribution is 0.0697. The number of ether oxygens (including phenoxy) is 2. The number of hydrogen-bond donors (Lipinski definition) is 2. The van der Waals surface area contributed by atoms with Crippen LogP contribution in [0, 0.1) is 0 Å². The molecular formula is C34H42BrN8O4P. The number of aryl methyl sites for hydroxylation is 1. The van der Waals surface area contributed by atoms with Gasteiger partial charge in [-0.2, -0.15) is 4.98 Å². The van der Waals surface area contributed by atoms with Crippen molar-refractivity contribution in [1.29, 1.82) is 0 Å². The summed E-state index contributed by atoms with van der Waals surface area (Å²) in [6.45, 7) is 8.55. The fourth-order valence-electron chi connectivity index (χ4n) is 6.53. The smallest absolute Gasteiger partial charge is 0.410 e. The molecule has 14 heteroatoms. The van der Waals surface area contributed by atoms with Crippen LogP contribution < -0.4 is 25.6 Å². The number of hydrogen-bond acceptors (Lipinski definition) is 11. The van der Waals surface area contributed by atoms with E-state index in [2.05, 4.69) is 65.5 Å². The number of nitrogens with zero attached hydrogens (tertiary/aromatic N) is 6. The summed E-state index contributed by atoms with van der Waals surface area (Å²) < 4.78 is 25.4. The molecule has 12 nitrogen and oxygen atoms in total. The number of fused-ring (bicyclic) bond motifs is 1. The number of methoxy groups -OCH3 is 1. The van der Waals surface area contributed by atoms with E-state index in [9.17, 15) is 9.36 Å². The lowest BCUT2D eigenvalue weighted by atomic mass is 10.00. The molecule has 4 aromatic rings. The Labute approximate surface area is 289 Å². The number of nitrogens with one attached hydrogen (secondary N) is 2. The second kappa shape index (κ2) is 14.7. The van der Waals surface area contributed by atoms with E-state index in [0.29, 0.717) is 50.6 Å². The summed E-state index contributed by atoms with van der Waals surface area (Å²) in [4.78, 5) is 35.2. The number of rotatable bonds is 9. The molecule has 254 valence electrons. The van der Waals surface area contributed by atoms with Crippen LogP contribution in [0.5, 0.6) is 5.75 Å². The highest BCUT2D eigenvalue weighted by Gasteiger charge is 2.30. The van der Waals surface area contributed by atoms with E-state index in [-0.39, 0.29) is 12.1 Å². The maximum absolute atomic E-state index is 13.4. The van der Waals surface area contributed by atoms with Gasteiger partial charge in [-0.1, -0.05) is 6.92 Å². The second-order valence-corrected chi connectivity index (χ2v) is 16.5. The molecular weight excluding hydrogens is 695 g/mol. The van der Waals surface area contributed by atoms with E-state index in [1.807, 2.05) is 17.0 Å². The Hall–Kier alpha value is -3.96. The lowest BCUT2D eigenvalue weighted by Crippen LogP contribution is -2.48. The molecule has 2 aliphatic rings. The fraction of sp³-hybridized carbons (Fsp3) is 0.441. The third-order valence-corrected chi connectivity index (χ3v) is 11.0. The molecule has 2 N–H and O–H groups in total. The molecule has 2 aliphatic heterocycles. The van der Waals surface area contributed by atoms with Gasteiger partial charge in [0.1, 0.15) is 24.2 Å². The molecule has 0 bridgehead atoms. The zero-order chi connectivity index (χ0) is 33.8. The molecule has 48 heavy (non-hydrogen) atoms. The zero-order valence-corrected chi connectivity index (χ0v) is 30.3. The van der Waals surface area contributed by atoms with Gasteiger partial charge in [0.05, 0.1) is 40.4 Å². The number of anilines is 5. The van der Waals surface area contributed by atoms with Crippen LogP contribution in [0.15, 0.2) is 47.3 Å². The van der Waals surface area contributed by atoms with Crippen LogP contribution in [0.25, 0.3) is 11.0 Å². The number of carbonyl (C=O) groups excluding carboxylic acids is 1. The SMILES string of the molecule is CCc1cc(Nc2ncc(Br)c(Nc3ccc4nccnc4c3P(C)(C)=O)n2)c(OC)cc1N1CCC(N2CCCCCOC2=O)CC1. The molecule has 0 aliphatic carbocycles.